The van der Waals surface area contributed by atoms with Crippen molar-refractivity contribution in [3.63, 3.8) is 0 Å². The van der Waals surface area contributed by atoms with Gasteiger partial charge in [-0.05, 0) is 70.1 Å². The van der Waals surface area contributed by atoms with Crippen molar-refractivity contribution in [2.45, 2.75) is 37.6 Å². The Hall–Kier alpha value is -2.65. The first-order valence-corrected chi connectivity index (χ1v) is 11.2. The number of pyridine rings is 1. The summed E-state index contributed by atoms with van der Waals surface area (Å²) in [6.45, 7) is 5.63. The normalized spacial score (nSPS) is 15.6. The predicted octanol–water partition coefficient (Wildman–Crippen LogP) is 2.55. The largest absolute Gasteiger partial charge is 0.367 e. The van der Waals surface area contributed by atoms with Crippen molar-refractivity contribution in [1.29, 1.82) is 0 Å². The number of nitrogens with zero attached hydrogens (tertiary/aromatic N) is 3. The molecule has 9 heteroatoms. The number of piperidine rings is 1. The van der Waals surface area contributed by atoms with Crippen LogP contribution in [0.4, 0.5) is 11.5 Å². The van der Waals surface area contributed by atoms with Crippen LogP contribution in [0.1, 0.15) is 24.2 Å². The number of rotatable bonds is 5. The number of hydrogen-bond donors (Lipinski definition) is 3. The van der Waals surface area contributed by atoms with Crippen LogP contribution in [0.3, 0.4) is 0 Å². The van der Waals surface area contributed by atoms with Crippen LogP contribution in [-0.2, 0) is 17.1 Å². The third-order valence-corrected chi connectivity index (χ3v) is 6.75. The second kappa shape index (κ2) is 7.64. The van der Waals surface area contributed by atoms with Crippen LogP contribution in [0.15, 0.2) is 35.2 Å². The maximum Gasteiger partial charge on any atom is 0.262 e. The van der Waals surface area contributed by atoms with Gasteiger partial charge in [0, 0.05) is 18.5 Å². The molecule has 0 unspecified atom stereocenters. The second-order valence-corrected chi connectivity index (χ2v) is 9.18. The van der Waals surface area contributed by atoms with Gasteiger partial charge in [-0.2, -0.15) is 5.10 Å². The van der Waals surface area contributed by atoms with Gasteiger partial charge in [0.1, 0.15) is 5.82 Å². The molecule has 29 heavy (non-hydrogen) atoms. The van der Waals surface area contributed by atoms with Crippen molar-refractivity contribution in [2.24, 2.45) is 7.05 Å². The van der Waals surface area contributed by atoms with Gasteiger partial charge in [0.15, 0.2) is 0 Å². The van der Waals surface area contributed by atoms with Gasteiger partial charge < -0.3 is 10.6 Å². The number of aromatic nitrogens is 3. The molecule has 3 aromatic rings. The van der Waals surface area contributed by atoms with Gasteiger partial charge in [0.2, 0.25) is 0 Å². The Labute approximate surface area is 170 Å². The van der Waals surface area contributed by atoms with E-state index in [-0.39, 0.29) is 4.90 Å². The minimum atomic E-state index is -3.72. The Morgan fingerprint density at radius 1 is 1.14 bits per heavy atom. The van der Waals surface area contributed by atoms with Crippen molar-refractivity contribution in [3.8, 4) is 0 Å². The van der Waals surface area contributed by atoms with E-state index < -0.39 is 10.0 Å². The molecule has 0 atom stereocenters. The number of hydrogen-bond acceptors (Lipinski definition) is 6. The SMILES string of the molecule is Cc1nn(C)c(C)c1NS(=O)(=O)c1ccc2nc(NC3CCNCC3)ccc2c1. The Bertz CT molecular complexity index is 1150. The van der Waals surface area contributed by atoms with Crippen LogP contribution in [-0.4, -0.2) is 42.3 Å². The highest BCUT2D eigenvalue weighted by Gasteiger charge is 2.20. The molecule has 0 saturated carbocycles. The van der Waals surface area contributed by atoms with E-state index in [0.29, 0.717) is 17.4 Å². The average Bonchev–Trinajstić information content (AvgIpc) is 2.94. The van der Waals surface area contributed by atoms with Gasteiger partial charge in [-0.25, -0.2) is 13.4 Å². The maximum atomic E-state index is 12.9. The van der Waals surface area contributed by atoms with Gasteiger partial charge in [-0.1, -0.05) is 0 Å². The Morgan fingerprint density at radius 3 is 2.59 bits per heavy atom. The Balaban J connectivity index is 1.58. The van der Waals surface area contributed by atoms with Gasteiger partial charge in [0.05, 0.1) is 27.5 Å². The lowest BCUT2D eigenvalue weighted by molar-refractivity contribution is 0.478. The first-order valence-electron chi connectivity index (χ1n) is 9.74. The fourth-order valence-electron chi connectivity index (χ4n) is 3.64. The van der Waals surface area contributed by atoms with Crippen LogP contribution in [0, 0.1) is 13.8 Å². The molecule has 2 aromatic heterocycles. The Kier molecular flexibility index (Phi) is 5.18. The van der Waals surface area contributed by atoms with Crippen LogP contribution in [0.5, 0.6) is 0 Å². The zero-order valence-electron chi connectivity index (χ0n) is 16.9. The number of sulfonamides is 1. The lowest BCUT2D eigenvalue weighted by Gasteiger charge is -2.24. The molecule has 4 rings (SSSR count). The van der Waals surface area contributed by atoms with E-state index >= 15 is 0 Å². The topological polar surface area (TPSA) is 101 Å². The molecule has 0 radical (unpaired) electrons. The lowest BCUT2D eigenvalue weighted by Crippen LogP contribution is -2.35. The zero-order chi connectivity index (χ0) is 20.6. The molecular formula is C20H26N6O2S. The molecule has 0 aliphatic carbocycles. The minimum Gasteiger partial charge on any atom is -0.367 e. The van der Waals surface area contributed by atoms with E-state index in [1.807, 2.05) is 19.1 Å². The van der Waals surface area contributed by atoms with Gasteiger partial charge in [-0.15, -0.1) is 0 Å². The van der Waals surface area contributed by atoms with Gasteiger partial charge in [0.25, 0.3) is 10.0 Å². The van der Waals surface area contributed by atoms with Crippen molar-refractivity contribution < 1.29 is 8.42 Å². The molecule has 3 heterocycles. The molecule has 0 amide bonds. The monoisotopic (exact) mass is 414 g/mol. The molecular weight excluding hydrogens is 388 g/mol. The van der Waals surface area contributed by atoms with Gasteiger partial charge in [-0.3, -0.25) is 9.40 Å². The lowest BCUT2D eigenvalue weighted by atomic mass is 10.1. The summed E-state index contributed by atoms with van der Waals surface area (Å²) < 4.78 is 30.1. The summed E-state index contributed by atoms with van der Waals surface area (Å²) in [5.41, 5.74) is 2.69. The second-order valence-electron chi connectivity index (χ2n) is 7.49. The number of fused-ring (bicyclic) bond motifs is 1. The highest BCUT2D eigenvalue weighted by Crippen LogP contribution is 2.25. The van der Waals surface area contributed by atoms with Crippen LogP contribution in [0.2, 0.25) is 0 Å². The average molecular weight is 415 g/mol. The molecule has 1 aliphatic heterocycles. The van der Waals surface area contributed by atoms with E-state index in [0.717, 1.165) is 48.3 Å². The molecule has 0 bridgehead atoms. The summed E-state index contributed by atoms with van der Waals surface area (Å²) in [6, 6.07) is 9.22. The van der Waals surface area contributed by atoms with Gasteiger partial charge >= 0.3 is 0 Å². The zero-order valence-corrected chi connectivity index (χ0v) is 17.7. The number of nitrogens with one attached hydrogen (secondary N) is 3. The maximum absolute atomic E-state index is 12.9. The first kappa shape index (κ1) is 19.7. The molecule has 3 N–H and O–H groups in total. The van der Waals surface area contributed by atoms with Crippen molar-refractivity contribution >= 4 is 32.4 Å². The minimum absolute atomic E-state index is 0.202. The summed E-state index contributed by atoms with van der Waals surface area (Å²) in [5.74, 6) is 0.819. The standard InChI is InChI=1S/C20H26N6O2S/c1-13-20(14(2)26(3)24-13)25-29(27,28)17-5-6-18-15(12-17)4-7-19(23-18)22-16-8-10-21-11-9-16/h4-7,12,16,21,25H,8-11H2,1-3H3,(H,22,23). The van der Waals surface area contributed by atoms with Crippen LogP contribution in [0.25, 0.3) is 10.9 Å². The number of benzene rings is 1. The van der Waals surface area contributed by atoms with E-state index in [9.17, 15) is 8.42 Å². The van der Waals surface area contributed by atoms with E-state index in [1.165, 1.54) is 0 Å². The van der Waals surface area contributed by atoms with E-state index in [2.05, 4.69) is 25.4 Å². The summed E-state index contributed by atoms with van der Waals surface area (Å²) in [5, 5.41) is 11.9. The van der Waals surface area contributed by atoms with Crippen molar-refractivity contribution in [2.75, 3.05) is 23.1 Å². The van der Waals surface area contributed by atoms with Crippen LogP contribution < -0.4 is 15.4 Å². The molecule has 1 aliphatic rings. The number of anilines is 2. The fourth-order valence-corrected chi connectivity index (χ4v) is 4.85. The molecule has 1 fully saturated rings. The quantitative estimate of drug-likeness (QED) is 0.593. The molecule has 154 valence electrons. The number of aryl methyl sites for hydroxylation is 2. The predicted molar refractivity (Wildman–Crippen MR) is 115 cm³/mol. The molecule has 1 aromatic carbocycles. The third kappa shape index (κ3) is 4.06. The highest BCUT2D eigenvalue weighted by atomic mass is 32.2. The highest BCUT2D eigenvalue weighted by molar-refractivity contribution is 7.92. The summed E-state index contributed by atoms with van der Waals surface area (Å²) in [6.07, 6.45) is 2.13. The molecule has 1 saturated heterocycles. The van der Waals surface area contributed by atoms with Crippen molar-refractivity contribution in [3.05, 3.63) is 41.7 Å². The summed E-state index contributed by atoms with van der Waals surface area (Å²) in [7, 11) is -1.93. The molecule has 0 spiro atoms. The van der Waals surface area contributed by atoms with E-state index in [1.54, 1.807) is 36.9 Å². The molecule has 8 nitrogen and oxygen atoms in total. The third-order valence-electron chi connectivity index (χ3n) is 5.41. The first-order chi connectivity index (χ1) is 13.8. The summed E-state index contributed by atoms with van der Waals surface area (Å²) >= 11 is 0. The Morgan fingerprint density at radius 2 is 1.90 bits per heavy atom. The summed E-state index contributed by atoms with van der Waals surface area (Å²) in [4.78, 5) is 4.85. The fraction of sp³-hybridized carbons (Fsp3) is 0.400. The van der Waals surface area contributed by atoms with Crippen molar-refractivity contribution in [1.82, 2.24) is 20.1 Å². The van der Waals surface area contributed by atoms with Crippen LogP contribution >= 0.6 is 0 Å². The van der Waals surface area contributed by atoms with E-state index in [4.69, 9.17) is 0 Å². The smallest absolute Gasteiger partial charge is 0.262 e.